The SMILES string of the molecule is NC(=O)C1(c2cccnc2)NC(C(=O)O)CS1. The summed E-state index contributed by atoms with van der Waals surface area (Å²) in [6.07, 6.45) is 3.08. The first-order chi connectivity index (χ1) is 8.06. The lowest BCUT2D eigenvalue weighted by molar-refractivity contribution is -0.139. The highest BCUT2D eigenvalue weighted by Crippen LogP contribution is 2.39. The summed E-state index contributed by atoms with van der Waals surface area (Å²) in [7, 11) is 0. The Bertz CT molecular complexity index is 453. The molecular weight excluding hydrogens is 242 g/mol. The number of carbonyl (C=O) groups excluding carboxylic acids is 1. The molecule has 1 aromatic heterocycles. The Morgan fingerprint density at radius 2 is 2.41 bits per heavy atom. The number of hydrogen-bond donors (Lipinski definition) is 3. The molecule has 1 aliphatic rings. The van der Waals surface area contributed by atoms with Crippen LogP contribution in [-0.2, 0) is 14.5 Å². The van der Waals surface area contributed by atoms with Crippen molar-refractivity contribution in [1.82, 2.24) is 10.3 Å². The summed E-state index contributed by atoms with van der Waals surface area (Å²) in [6.45, 7) is 0. The summed E-state index contributed by atoms with van der Waals surface area (Å²) in [4.78, 5) is 25.2. The van der Waals surface area contributed by atoms with Gasteiger partial charge in [0.15, 0.2) is 4.87 Å². The van der Waals surface area contributed by atoms with Crippen LogP contribution in [0.25, 0.3) is 0 Å². The highest BCUT2D eigenvalue weighted by atomic mass is 32.2. The molecule has 2 rings (SSSR count). The monoisotopic (exact) mass is 253 g/mol. The molecule has 0 bridgehead atoms. The maximum atomic E-state index is 11.6. The molecule has 1 amide bonds. The van der Waals surface area contributed by atoms with Crippen LogP contribution in [0.1, 0.15) is 5.56 Å². The molecule has 1 aromatic rings. The van der Waals surface area contributed by atoms with Crippen molar-refractivity contribution < 1.29 is 14.7 Å². The van der Waals surface area contributed by atoms with Gasteiger partial charge in [0.1, 0.15) is 6.04 Å². The summed E-state index contributed by atoms with van der Waals surface area (Å²) in [5.74, 6) is -1.32. The fraction of sp³-hybridized carbons (Fsp3) is 0.300. The third kappa shape index (κ3) is 1.98. The van der Waals surface area contributed by atoms with Crippen LogP contribution in [0.2, 0.25) is 0 Å². The topological polar surface area (TPSA) is 105 Å². The highest BCUT2D eigenvalue weighted by Gasteiger charge is 2.48. The van der Waals surface area contributed by atoms with Crippen LogP contribution >= 0.6 is 11.8 Å². The molecule has 90 valence electrons. The van der Waals surface area contributed by atoms with Crippen LogP contribution in [0.3, 0.4) is 0 Å². The number of aliphatic carboxylic acids is 1. The summed E-state index contributed by atoms with van der Waals surface area (Å²) >= 11 is 1.18. The third-order valence-electron chi connectivity index (χ3n) is 2.56. The number of hydrogen-bond acceptors (Lipinski definition) is 5. The van der Waals surface area contributed by atoms with Gasteiger partial charge in [-0.05, 0) is 6.07 Å². The number of primary amides is 1. The Balaban J connectivity index is 2.37. The van der Waals surface area contributed by atoms with Gasteiger partial charge in [-0.25, -0.2) is 0 Å². The quantitative estimate of drug-likeness (QED) is 0.671. The summed E-state index contributed by atoms with van der Waals surface area (Å²) < 4.78 is 0. The Morgan fingerprint density at radius 3 is 2.88 bits per heavy atom. The third-order valence-corrected chi connectivity index (χ3v) is 4.04. The molecule has 2 atom stereocenters. The van der Waals surface area contributed by atoms with Crippen molar-refractivity contribution in [2.45, 2.75) is 10.9 Å². The Morgan fingerprint density at radius 1 is 1.65 bits per heavy atom. The van der Waals surface area contributed by atoms with Gasteiger partial charge in [0, 0.05) is 23.7 Å². The largest absolute Gasteiger partial charge is 0.480 e. The first-order valence-electron chi connectivity index (χ1n) is 4.91. The number of nitrogens with zero attached hydrogens (tertiary/aromatic N) is 1. The van der Waals surface area contributed by atoms with Crippen molar-refractivity contribution in [2.75, 3.05) is 5.75 Å². The zero-order valence-electron chi connectivity index (χ0n) is 8.79. The van der Waals surface area contributed by atoms with Gasteiger partial charge in [-0.15, -0.1) is 11.8 Å². The number of carboxylic acids is 1. The molecule has 1 aliphatic heterocycles. The van der Waals surface area contributed by atoms with Gasteiger partial charge in [0.05, 0.1) is 0 Å². The van der Waals surface area contributed by atoms with E-state index in [0.717, 1.165) is 0 Å². The van der Waals surface area contributed by atoms with Crippen molar-refractivity contribution in [3.8, 4) is 0 Å². The molecule has 4 N–H and O–H groups in total. The zero-order chi connectivity index (χ0) is 12.5. The van der Waals surface area contributed by atoms with Crippen molar-refractivity contribution in [1.29, 1.82) is 0 Å². The Kier molecular flexibility index (Phi) is 3.03. The van der Waals surface area contributed by atoms with E-state index in [1.54, 1.807) is 18.3 Å². The minimum absolute atomic E-state index is 0.285. The average Bonchev–Trinajstić information content (AvgIpc) is 2.76. The molecule has 17 heavy (non-hydrogen) atoms. The minimum atomic E-state index is -1.20. The normalized spacial score (nSPS) is 27.9. The van der Waals surface area contributed by atoms with E-state index in [9.17, 15) is 9.59 Å². The second kappa shape index (κ2) is 4.34. The lowest BCUT2D eigenvalue weighted by Gasteiger charge is -2.25. The average molecular weight is 253 g/mol. The highest BCUT2D eigenvalue weighted by molar-refractivity contribution is 8.01. The molecule has 0 saturated carbocycles. The van der Waals surface area contributed by atoms with E-state index in [-0.39, 0.29) is 5.75 Å². The molecular formula is C10H11N3O3S. The van der Waals surface area contributed by atoms with Crippen LogP contribution in [0, 0.1) is 0 Å². The number of aromatic nitrogens is 1. The van der Waals surface area contributed by atoms with Crippen LogP contribution in [0.5, 0.6) is 0 Å². The summed E-state index contributed by atoms with van der Waals surface area (Å²) in [5.41, 5.74) is 5.95. The maximum absolute atomic E-state index is 11.6. The summed E-state index contributed by atoms with van der Waals surface area (Å²) in [6, 6.07) is 2.59. The van der Waals surface area contributed by atoms with E-state index < -0.39 is 22.8 Å². The predicted molar refractivity (Wildman–Crippen MR) is 62.1 cm³/mol. The van der Waals surface area contributed by atoms with Crippen molar-refractivity contribution in [3.63, 3.8) is 0 Å². The number of carbonyl (C=O) groups is 2. The minimum Gasteiger partial charge on any atom is -0.480 e. The van der Waals surface area contributed by atoms with Gasteiger partial charge < -0.3 is 10.8 Å². The smallest absolute Gasteiger partial charge is 0.321 e. The predicted octanol–water partition coefficient (Wildman–Crippen LogP) is -0.491. The fourth-order valence-electron chi connectivity index (χ4n) is 1.69. The van der Waals surface area contributed by atoms with Gasteiger partial charge in [0.25, 0.3) is 5.91 Å². The van der Waals surface area contributed by atoms with Crippen LogP contribution < -0.4 is 11.1 Å². The van der Waals surface area contributed by atoms with Crippen LogP contribution in [0.15, 0.2) is 24.5 Å². The lowest BCUT2D eigenvalue weighted by Crippen LogP contribution is -2.51. The second-order valence-corrected chi connectivity index (χ2v) is 4.87. The van der Waals surface area contributed by atoms with E-state index in [0.29, 0.717) is 5.56 Å². The van der Waals surface area contributed by atoms with Gasteiger partial charge >= 0.3 is 5.97 Å². The van der Waals surface area contributed by atoms with Crippen molar-refractivity contribution in [3.05, 3.63) is 30.1 Å². The number of amides is 1. The number of nitrogens with two attached hydrogens (primary N) is 1. The zero-order valence-corrected chi connectivity index (χ0v) is 9.61. The Hall–Kier alpha value is -1.60. The van der Waals surface area contributed by atoms with Crippen molar-refractivity contribution >= 4 is 23.6 Å². The number of rotatable bonds is 3. The van der Waals surface area contributed by atoms with Gasteiger partial charge in [-0.3, -0.25) is 19.9 Å². The van der Waals surface area contributed by atoms with Gasteiger partial charge in [0.2, 0.25) is 0 Å². The number of pyridine rings is 1. The molecule has 2 unspecified atom stereocenters. The van der Waals surface area contributed by atoms with Gasteiger partial charge in [-0.2, -0.15) is 0 Å². The van der Waals surface area contributed by atoms with E-state index in [2.05, 4.69) is 10.3 Å². The fourth-order valence-corrected chi connectivity index (χ4v) is 2.99. The summed E-state index contributed by atoms with van der Waals surface area (Å²) in [5, 5.41) is 11.7. The van der Waals surface area contributed by atoms with E-state index >= 15 is 0 Å². The Labute approximate surface area is 102 Å². The molecule has 0 aliphatic carbocycles. The standard InChI is InChI=1S/C10H11N3O3S/c11-9(16)10(6-2-1-3-12-4-6)13-7(5-17-10)8(14)15/h1-4,7,13H,5H2,(H2,11,16)(H,14,15). The first-order valence-corrected chi connectivity index (χ1v) is 5.89. The van der Waals surface area contributed by atoms with E-state index in [4.69, 9.17) is 10.8 Å². The molecule has 2 heterocycles. The second-order valence-electron chi connectivity index (χ2n) is 3.63. The molecule has 0 aromatic carbocycles. The van der Waals surface area contributed by atoms with Crippen molar-refractivity contribution in [2.24, 2.45) is 5.73 Å². The molecule has 7 heteroatoms. The molecule has 1 saturated heterocycles. The van der Waals surface area contributed by atoms with Gasteiger partial charge in [-0.1, -0.05) is 6.07 Å². The number of nitrogens with one attached hydrogen (secondary N) is 1. The molecule has 6 nitrogen and oxygen atoms in total. The van der Waals surface area contributed by atoms with E-state index in [1.165, 1.54) is 18.0 Å². The maximum Gasteiger partial charge on any atom is 0.321 e. The van der Waals surface area contributed by atoms with E-state index in [1.807, 2.05) is 0 Å². The lowest BCUT2D eigenvalue weighted by atomic mass is 10.1. The van der Waals surface area contributed by atoms with Crippen LogP contribution in [0.4, 0.5) is 0 Å². The first kappa shape index (κ1) is 11.9. The molecule has 0 spiro atoms. The molecule has 0 radical (unpaired) electrons. The number of carboxylic acid groups (broad SMARTS) is 1. The number of thioether (sulfide) groups is 1. The van der Waals surface area contributed by atoms with Crippen LogP contribution in [-0.4, -0.2) is 33.8 Å². The molecule has 1 fully saturated rings.